The van der Waals surface area contributed by atoms with E-state index in [1.54, 1.807) is 0 Å². The van der Waals surface area contributed by atoms with Gasteiger partial charge in [-0.05, 0) is 50.4 Å². The van der Waals surface area contributed by atoms with Crippen molar-refractivity contribution in [2.24, 2.45) is 0 Å². The van der Waals surface area contributed by atoms with Gasteiger partial charge in [0.25, 0.3) is 0 Å². The Morgan fingerprint density at radius 3 is 2.62 bits per heavy atom. The summed E-state index contributed by atoms with van der Waals surface area (Å²) in [5.41, 5.74) is 0.640. The predicted molar refractivity (Wildman–Crippen MR) is 66.8 cm³/mol. The molecule has 88 valence electrons. The Balaban J connectivity index is 1.94. The number of piperidine rings is 1. The molecule has 2 N–H and O–H groups in total. The highest BCUT2D eigenvalue weighted by Crippen LogP contribution is 2.26. The lowest BCUT2D eigenvalue weighted by Crippen LogP contribution is -2.42. The van der Waals surface area contributed by atoms with Crippen LogP contribution in [0, 0.1) is 0 Å². The zero-order valence-electron chi connectivity index (χ0n) is 9.38. The monoisotopic (exact) mass is 239 g/mol. The van der Waals surface area contributed by atoms with E-state index >= 15 is 0 Å². The van der Waals surface area contributed by atoms with Crippen LogP contribution in [0.2, 0.25) is 5.02 Å². The summed E-state index contributed by atoms with van der Waals surface area (Å²) in [6.45, 7) is 1.83. The van der Waals surface area contributed by atoms with Crippen LogP contribution < -0.4 is 5.32 Å². The SMILES string of the molecule is OC1(CCc2ccccc2Cl)CCNCC1. The average molecular weight is 240 g/mol. The van der Waals surface area contributed by atoms with E-state index in [1.165, 1.54) is 0 Å². The highest BCUT2D eigenvalue weighted by atomic mass is 35.5. The second kappa shape index (κ2) is 5.17. The number of nitrogens with one attached hydrogen (secondary N) is 1. The summed E-state index contributed by atoms with van der Waals surface area (Å²) in [5.74, 6) is 0. The van der Waals surface area contributed by atoms with Crippen LogP contribution in [0.15, 0.2) is 24.3 Å². The summed E-state index contributed by atoms with van der Waals surface area (Å²) < 4.78 is 0. The van der Waals surface area contributed by atoms with E-state index in [0.29, 0.717) is 0 Å². The first-order valence-electron chi connectivity index (χ1n) is 5.86. The Morgan fingerprint density at radius 2 is 1.94 bits per heavy atom. The summed E-state index contributed by atoms with van der Waals surface area (Å²) in [4.78, 5) is 0. The molecule has 2 nitrogen and oxygen atoms in total. The number of aliphatic hydroxyl groups is 1. The molecule has 1 aromatic carbocycles. The van der Waals surface area contributed by atoms with Crippen LogP contribution in [0.5, 0.6) is 0 Å². The Morgan fingerprint density at radius 1 is 1.25 bits per heavy atom. The summed E-state index contributed by atoms with van der Waals surface area (Å²) >= 11 is 6.09. The van der Waals surface area contributed by atoms with Gasteiger partial charge in [-0.1, -0.05) is 29.8 Å². The Bertz CT molecular complexity index is 348. The van der Waals surface area contributed by atoms with E-state index in [2.05, 4.69) is 5.32 Å². The lowest BCUT2D eigenvalue weighted by Gasteiger charge is -2.32. The molecular formula is C13H18ClNO. The van der Waals surface area contributed by atoms with Crippen LogP contribution in [0.3, 0.4) is 0 Å². The number of aryl methyl sites for hydroxylation is 1. The summed E-state index contributed by atoms with van der Waals surface area (Å²) in [7, 11) is 0. The molecular weight excluding hydrogens is 222 g/mol. The third-order valence-corrected chi connectivity index (χ3v) is 3.72. The molecule has 1 fully saturated rings. The normalized spacial score (nSPS) is 19.6. The fourth-order valence-electron chi connectivity index (χ4n) is 2.21. The first-order chi connectivity index (χ1) is 7.70. The van der Waals surface area contributed by atoms with E-state index in [4.69, 9.17) is 11.6 Å². The number of hydrogen-bond donors (Lipinski definition) is 2. The van der Waals surface area contributed by atoms with Crippen LogP contribution in [-0.2, 0) is 6.42 Å². The molecule has 1 aromatic rings. The van der Waals surface area contributed by atoms with Crippen LogP contribution in [0.1, 0.15) is 24.8 Å². The van der Waals surface area contributed by atoms with Crippen LogP contribution in [-0.4, -0.2) is 23.8 Å². The predicted octanol–water partition coefficient (Wildman–Crippen LogP) is 2.39. The quantitative estimate of drug-likeness (QED) is 0.849. The maximum atomic E-state index is 10.3. The molecule has 1 aliphatic rings. The second-order valence-electron chi connectivity index (χ2n) is 4.57. The molecule has 0 aromatic heterocycles. The first-order valence-corrected chi connectivity index (χ1v) is 6.24. The molecule has 16 heavy (non-hydrogen) atoms. The van der Waals surface area contributed by atoms with Gasteiger partial charge in [-0.3, -0.25) is 0 Å². The van der Waals surface area contributed by atoms with Crippen molar-refractivity contribution in [1.29, 1.82) is 0 Å². The molecule has 1 aliphatic heterocycles. The smallest absolute Gasteiger partial charge is 0.0675 e. The second-order valence-corrected chi connectivity index (χ2v) is 4.97. The molecule has 3 heteroatoms. The molecule has 0 unspecified atom stereocenters. The summed E-state index contributed by atoms with van der Waals surface area (Å²) in [5, 5.41) is 14.4. The van der Waals surface area contributed by atoms with Gasteiger partial charge in [0.1, 0.15) is 0 Å². The number of benzene rings is 1. The van der Waals surface area contributed by atoms with E-state index in [0.717, 1.165) is 49.4 Å². The van der Waals surface area contributed by atoms with Gasteiger partial charge in [-0.2, -0.15) is 0 Å². The van der Waals surface area contributed by atoms with Gasteiger partial charge in [-0.25, -0.2) is 0 Å². The zero-order chi connectivity index (χ0) is 11.4. The van der Waals surface area contributed by atoms with Crippen molar-refractivity contribution in [1.82, 2.24) is 5.32 Å². The maximum absolute atomic E-state index is 10.3. The average Bonchev–Trinajstić information content (AvgIpc) is 2.29. The fraction of sp³-hybridized carbons (Fsp3) is 0.538. The van der Waals surface area contributed by atoms with Gasteiger partial charge in [0.2, 0.25) is 0 Å². The summed E-state index contributed by atoms with van der Waals surface area (Å²) in [6, 6.07) is 7.87. The Kier molecular flexibility index (Phi) is 3.85. The van der Waals surface area contributed by atoms with Crippen molar-refractivity contribution in [3.05, 3.63) is 34.9 Å². The Hall–Kier alpha value is -0.570. The molecule has 0 aliphatic carbocycles. The summed E-state index contributed by atoms with van der Waals surface area (Å²) in [6.07, 6.45) is 3.35. The van der Waals surface area contributed by atoms with Crippen LogP contribution in [0.4, 0.5) is 0 Å². The third-order valence-electron chi connectivity index (χ3n) is 3.35. The molecule has 1 saturated heterocycles. The van der Waals surface area contributed by atoms with Gasteiger partial charge < -0.3 is 10.4 Å². The standard InChI is InChI=1S/C13H18ClNO/c14-12-4-2-1-3-11(12)5-6-13(16)7-9-15-10-8-13/h1-4,15-16H,5-10H2. The van der Waals surface area contributed by atoms with Gasteiger partial charge in [-0.15, -0.1) is 0 Å². The zero-order valence-corrected chi connectivity index (χ0v) is 10.1. The van der Waals surface area contributed by atoms with Crippen molar-refractivity contribution in [3.8, 4) is 0 Å². The molecule has 0 radical (unpaired) electrons. The largest absolute Gasteiger partial charge is 0.390 e. The fourth-order valence-corrected chi connectivity index (χ4v) is 2.44. The maximum Gasteiger partial charge on any atom is 0.0675 e. The highest BCUT2D eigenvalue weighted by Gasteiger charge is 2.28. The molecule has 0 bridgehead atoms. The van der Waals surface area contributed by atoms with Crippen LogP contribution >= 0.6 is 11.6 Å². The molecule has 0 amide bonds. The van der Waals surface area contributed by atoms with Crippen molar-refractivity contribution in [3.63, 3.8) is 0 Å². The molecule has 0 saturated carbocycles. The Labute approximate surface area is 102 Å². The van der Waals surface area contributed by atoms with Crippen LogP contribution in [0.25, 0.3) is 0 Å². The first kappa shape index (κ1) is 11.9. The number of rotatable bonds is 3. The third kappa shape index (κ3) is 2.97. The van der Waals surface area contributed by atoms with Gasteiger partial charge in [0.15, 0.2) is 0 Å². The van der Waals surface area contributed by atoms with E-state index in [9.17, 15) is 5.11 Å². The number of hydrogen-bond acceptors (Lipinski definition) is 2. The topological polar surface area (TPSA) is 32.3 Å². The minimum atomic E-state index is -0.496. The minimum Gasteiger partial charge on any atom is -0.390 e. The van der Waals surface area contributed by atoms with E-state index in [1.807, 2.05) is 24.3 Å². The van der Waals surface area contributed by atoms with E-state index < -0.39 is 5.60 Å². The molecule has 1 heterocycles. The molecule has 2 rings (SSSR count). The van der Waals surface area contributed by atoms with E-state index in [-0.39, 0.29) is 0 Å². The van der Waals surface area contributed by atoms with Crippen molar-refractivity contribution in [2.45, 2.75) is 31.3 Å². The highest BCUT2D eigenvalue weighted by molar-refractivity contribution is 6.31. The van der Waals surface area contributed by atoms with Crippen molar-refractivity contribution < 1.29 is 5.11 Å². The molecule has 0 spiro atoms. The van der Waals surface area contributed by atoms with Gasteiger partial charge in [0, 0.05) is 5.02 Å². The lowest BCUT2D eigenvalue weighted by atomic mass is 9.86. The van der Waals surface area contributed by atoms with Crippen molar-refractivity contribution in [2.75, 3.05) is 13.1 Å². The lowest BCUT2D eigenvalue weighted by molar-refractivity contribution is 0.00282. The van der Waals surface area contributed by atoms with Gasteiger partial charge in [0.05, 0.1) is 5.60 Å². The number of halogens is 1. The van der Waals surface area contributed by atoms with Crippen molar-refractivity contribution >= 4 is 11.6 Å². The minimum absolute atomic E-state index is 0.496. The molecule has 0 atom stereocenters. The van der Waals surface area contributed by atoms with Gasteiger partial charge >= 0.3 is 0 Å².